The second kappa shape index (κ2) is 11.1. The van der Waals surface area contributed by atoms with Crippen LogP contribution < -0.4 is 10.1 Å². The number of anilines is 2. The van der Waals surface area contributed by atoms with E-state index in [0.717, 1.165) is 37.4 Å². The van der Waals surface area contributed by atoms with Crippen molar-refractivity contribution in [3.63, 3.8) is 0 Å². The molecule has 3 heterocycles. The zero-order valence-electron chi connectivity index (χ0n) is 17.4. The summed E-state index contributed by atoms with van der Waals surface area (Å²) in [6.07, 6.45) is 2.03. The fourth-order valence-electron chi connectivity index (χ4n) is 3.21. The summed E-state index contributed by atoms with van der Waals surface area (Å²) in [6.45, 7) is 3.85. The Morgan fingerprint density at radius 1 is 1.13 bits per heavy atom. The first-order chi connectivity index (χ1) is 14.7. The third-order valence-electron chi connectivity index (χ3n) is 4.97. The van der Waals surface area contributed by atoms with E-state index in [9.17, 15) is 4.79 Å². The number of benzene rings is 1. The molecule has 3 aromatic rings. The number of thiazole rings is 1. The van der Waals surface area contributed by atoms with Gasteiger partial charge in [0.05, 0.1) is 12.1 Å². The van der Waals surface area contributed by atoms with Crippen LogP contribution in [0.5, 0.6) is 5.75 Å². The van der Waals surface area contributed by atoms with Crippen molar-refractivity contribution in [2.24, 2.45) is 0 Å². The van der Waals surface area contributed by atoms with Crippen molar-refractivity contribution in [2.45, 2.75) is 13.0 Å². The molecule has 1 amide bonds. The van der Waals surface area contributed by atoms with Crippen molar-refractivity contribution in [2.75, 3.05) is 38.5 Å². The number of halogens is 1. The number of rotatable bonds is 7. The molecule has 9 heteroatoms. The molecule has 0 aliphatic carbocycles. The van der Waals surface area contributed by atoms with Gasteiger partial charge in [-0.15, -0.1) is 23.7 Å². The molecule has 31 heavy (non-hydrogen) atoms. The smallest absolute Gasteiger partial charge is 0.228 e. The first-order valence-corrected chi connectivity index (χ1v) is 10.8. The number of nitrogens with zero attached hydrogens (tertiary/aromatic N) is 4. The molecule has 1 N–H and O–H groups in total. The van der Waals surface area contributed by atoms with E-state index in [4.69, 9.17) is 4.74 Å². The molecule has 1 fully saturated rings. The molecule has 0 unspecified atom stereocenters. The summed E-state index contributed by atoms with van der Waals surface area (Å²) in [5.74, 6) is 1.40. The molecule has 0 bridgehead atoms. The van der Waals surface area contributed by atoms with E-state index < -0.39 is 0 Å². The lowest BCUT2D eigenvalue weighted by Gasteiger charge is -2.32. The van der Waals surface area contributed by atoms with Crippen LogP contribution in [0, 0.1) is 0 Å². The molecular weight excluding hydrogens is 434 g/mol. The second-order valence-electron chi connectivity index (χ2n) is 7.25. The minimum atomic E-state index is 0. The summed E-state index contributed by atoms with van der Waals surface area (Å²) < 4.78 is 5.94. The van der Waals surface area contributed by atoms with Gasteiger partial charge in [-0.2, -0.15) is 0 Å². The molecule has 0 spiro atoms. The number of piperazine rings is 1. The molecule has 4 rings (SSSR count). The van der Waals surface area contributed by atoms with Gasteiger partial charge in [0, 0.05) is 37.8 Å². The Balaban J connectivity index is 0.00000272. The lowest BCUT2D eigenvalue weighted by Crippen LogP contribution is -2.47. The van der Waals surface area contributed by atoms with Crippen molar-refractivity contribution in [3.05, 3.63) is 65.3 Å². The van der Waals surface area contributed by atoms with Crippen molar-refractivity contribution in [1.29, 1.82) is 0 Å². The highest BCUT2D eigenvalue weighted by molar-refractivity contribution is 7.13. The average Bonchev–Trinajstić information content (AvgIpc) is 3.21. The monoisotopic (exact) mass is 459 g/mol. The Kier molecular flexibility index (Phi) is 8.22. The molecule has 2 aromatic heterocycles. The molecule has 1 aliphatic rings. The van der Waals surface area contributed by atoms with Gasteiger partial charge in [0.15, 0.2) is 16.7 Å². The zero-order valence-corrected chi connectivity index (χ0v) is 19.0. The second-order valence-corrected chi connectivity index (χ2v) is 8.11. The summed E-state index contributed by atoms with van der Waals surface area (Å²) in [7, 11) is 2.08. The SMILES string of the molecule is CN1CCN(C(=O)Cc2csc(Nc3ncccc3OCc3ccccc3)n2)CC1.Cl. The zero-order chi connectivity index (χ0) is 20.8. The maximum absolute atomic E-state index is 12.5. The van der Waals surface area contributed by atoms with Gasteiger partial charge in [-0.1, -0.05) is 30.3 Å². The number of nitrogens with one attached hydrogen (secondary N) is 1. The quantitative estimate of drug-likeness (QED) is 0.582. The van der Waals surface area contributed by atoms with Crippen LogP contribution in [0.1, 0.15) is 11.3 Å². The molecule has 0 saturated carbocycles. The van der Waals surface area contributed by atoms with Gasteiger partial charge in [0.1, 0.15) is 6.61 Å². The van der Waals surface area contributed by atoms with Crippen LogP contribution in [0.25, 0.3) is 0 Å². The fraction of sp³-hybridized carbons (Fsp3) is 0.318. The molecule has 7 nitrogen and oxygen atoms in total. The van der Waals surface area contributed by atoms with Gasteiger partial charge in [-0.3, -0.25) is 4.79 Å². The van der Waals surface area contributed by atoms with E-state index in [2.05, 4.69) is 27.2 Å². The molecule has 1 saturated heterocycles. The molecular formula is C22H26ClN5O2S. The van der Waals surface area contributed by atoms with E-state index in [1.807, 2.05) is 52.7 Å². The highest BCUT2D eigenvalue weighted by Crippen LogP contribution is 2.27. The first-order valence-electron chi connectivity index (χ1n) is 9.97. The maximum atomic E-state index is 12.5. The number of ether oxygens (including phenoxy) is 1. The number of carbonyl (C=O) groups is 1. The highest BCUT2D eigenvalue weighted by atomic mass is 35.5. The van der Waals surface area contributed by atoms with Crippen LogP contribution in [-0.2, 0) is 17.8 Å². The van der Waals surface area contributed by atoms with Gasteiger partial charge in [0.25, 0.3) is 0 Å². The van der Waals surface area contributed by atoms with Crippen LogP contribution >= 0.6 is 23.7 Å². The largest absolute Gasteiger partial charge is 0.485 e. The van der Waals surface area contributed by atoms with Gasteiger partial charge in [-0.05, 0) is 24.7 Å². The summed E-state index contributed by atoms with van der Waals surface area (Å²) >= 11 is 1.46. The number of pyridine rings is 1. The predicted molar refractivity (Wildman–Crippen MR) is 125 cm³/mol. The lowest BCUT2D eigenvalue weighted by atomic mass is 10.2. The van der Waals surface area contributed by atoms with Gasteiger partial charge in [0.2, 0.25) is 5.91 Å². The van der Waals surface area contributed by atoms with Crippen molar-refractivity contribution >= 4 is 40.6 Å². The Bertz CT molecular complexity index is 977. The standard InChI is InChI=1S/C22H25N5O2S.ClH/c1-26-10-12-27(13-11-26)20(28)14-18-16-30-22(24-18)25-21-19(8-5-9-23-21)29-15-17-6-3-2-4-7-17;/h2-9,16H,10-15H2,1H3,(H,23,24,25);1H. The number of aromatic nitrogens is 2. The Morgan fingerprint density at radius 2 is 1.90 bits per heavy atom. The third kappa shape index (κ3) is 6.40. The minimum absolute atomic E-state index is 0. The number of hydrogen-bond acceptors (Lipinski definition) is 7. The first kappa shape index (κ1) is 23.0. The number of hydrogen-bond donors (Lipinski definition) is 1. The van der Waals surface area contributed by atoms with Gasteiger partial charge >= 0.3 is 0 Å². The molecule has 164 valence electrons. The van der Waals surface area contributed by atoms with E-state index >= 15 is 0 Å². The minimum Gasteiger partial charge on any atom is -0.485 e. The van der Waals surface area contributed by atoms with Crippen molar-refractivity contribution in [1.82, 2.24) is 19.8 Å². The Hall–Kier alpha value is -2.68. The fourth-order valence-corrected chi connectivity index (χ4v) is 3.91. The summed E-state index contributed by atoms with van der Waals surface area (Å²) in [5.41, 5.74) is 1.86. The Morgan fingerprint density at radius 3 is 2.68 bits per heavy atom. The van der Waals surface area contributed by atoms with Gasteiger partial charge in [-0.25, -0.2) is 9.97 Å². The van der Waals surface area contributed by atoms with Crippen LogP contribution in [0.15, 0.2) is 54.0 Å². The summed E-state index contributed by atoms with van der Waals surface area (Å²) in [6, 6.07) is 13.7. The number of amides is 1. The maximum Gasteiger partial charge on any atom is 0.228 e. The predicted octanol–water partition coefficient (Wildman–Crippen LogP) is 3.60. The van der Waals surface area contributed by atoms with Crippen LogP contribution in [-0.4, -0.2) is 58.9 Å². The van der Waals surface area contributed by atoms with Crippen molar-refractivity contribution in [3.8, 4) is 5.75 Å². The van der Waals surface area contributed by atoms with Crippen LogP contribution in [0.4, 0.5) is 10.9 Å². The Labute approximate surface area is 192 Å². The molecule has 1 aromatic carbocycles. The van der Waals surface area contributed by atoms with E-state index in [1.54, 1.807) is 6.20 Å². The molecule has 1 aliphatic heterocycles. The number of carbonyl (C=O) groups excluding carboxylic acids is 1. The third-order valence-corrected chi connectivity index (χ3v) is 5.78. The summed E-state index contributed by atoms with van der Waals surface area (Å²) in [5, 5.41) is 5.84. The van der Waals surface area contributed by atoms with Crippen LogP contribution in [0.3, 0.4) is 0 Å². The van der Waals surface area contributed by atoms with E-state index in [1.165, 1.54) is 11.3 Å². The summed E-state index contributed by atoms with van der Waals surface area (Å²) in [4.78, 5) is 25.6. The normalized spacial score (nSPS) is 14.0. The van der Waals surface area contributed by atoms with Crippen LogP contribution in [0.2, 0.25) is 0 Å². The van der Waals surface area contributed by atoms with E-state index in [0.29, 0.717) is 29.7 Å². The van der Waals surface area contributed by atoms with E-state index in [-0.39, 0.29) is 18.3 Å². The number of likely N-dealkylation sites (N-methyl/N-ethyl adjacent to an activating group) is 1. The van der Waals surface area contributed by atoms with Gasteiger partial charge < -0.3 is 19.9 Å². The lowest BCUT2D eigenvalue weighted by molar-refractivity contribution is -0.132. The van der Waals surface area contributed by atoms with Crippen molar-refractivity contribution < 1.29 is 9.53 Å². The average molecular weight is 460 g/mol. The molecule has 0 radical (unpaired) electrons. The molecule has 0 atom stereocenters. The highest BCUT2D eigenvalue weighted by Gasteiger charge is 2.20. The topological polar surface area (TPSA) is 70.6 Å².